The van der Waals surface area contributed by atoms with Gasteiger partial charge in [0.2, 0.25) is 0 Å². The largest absolute Gasteiger partial charge is 0.490 e. The maximum Gasteiger partial charge on any atom is 0.347 e. The summed E-state index contributed by atoms with van der Waals surface area (Å²) in [5.41, 5.74) is 1.00. The second-order valence-corrected chi connectivity index (χ2v) is 5.43. The number of carbonyl (C=O) groups is 1. The van der Waals surface area contributed by atoms with Crippen LogP contribution in [0.1, 0.15) is 39.7 Å². The first kappa shape index (κ1) is 22.8. The van der Waals surface area contributed by atoms with E-state index < -0.39 is 12.1 Å². The number of hydrogen-bond donors (Lipinski definition) is 1. The van der Waals surface area contributed by atoms with E-state index in [2.05, 4.69) is 12.2 Å². The third-order valence-corrected chi connectivity index (χ3v) is 3.32. The lowest BCUT2D eigenvalue weighted by Crippen LogP contribution is -2.26. The Hall–Kier alpha value is -1.17. The molecule has 1 N–H and O–H groups in total. The fourth-order valence-electron chi connectivity index (χ4n) is 1.99. The highest BCUT2D eigenvalue weighted by molar-refractivity contribution is 6.32. The van der Waals surface area contributed by atoms with E-state index >= 15 is 0 Å². The van der Waals surface area contributed by atoms with Gasteiger partial charge in [0.25, 0.3) is 0 Å². The smallest absolute Gasteiger partial charge is 0.347 e. The Morgan fingerprint density at radius 2 is 1.96 bits per heavy atom. The average Bonchev–Trinajstić information content (AvgIpc) is 2.51. The van der Waals surface area contributed by atoms with Crippen molar-refractivity contribution in [2.75, 3.05) is 19.8 Å². The van der Waals surface area contributed by atoms with Crippen molar-refractivity contribution < 1.29 is 19.0 Å². The molecule has 0 aromatic heterocycles. The predicted octanol–water partition coefficient (Wildman–Crippen LogP) is 3.99. The van der Waals surface area contributed by atoms with Crippen LogP contribution in [0.4, 0.5) is 0 Å². The highest BCUT2D eigenvalue weighted by Gasteiger charge is 2.21. The van der Waals surface area contributed by atoms with Crippen LogP contribution in [0.2, 0.25) is 5.02 Å². The molecule has 1 aromatic carbocycles. The van der Waals surface area contributed by atoms with E-state index in [1.807, 2.05) is 19.1 Å². The molecule has 0 radical (unpaired) electrons. The summed E-state index contributed by atoms with van der Waals surface area (Å²) in [7, 11) is 0. The van der Waals surface area contributed by atoms with Gasteiger partial charge in [0.1, 0.15) is 0 Å². The molecule has 0 saturated carbocycles. The summed E-state index contributed by atoms with van der Waals surface area (Å²) < 4.78 is 16.2. The summed E-state index contributed by atoms with van der Waals surface area (Å²) in [6, 6.07) is 3.70. The molecular weight excluding hydrogens is 353 g/mol. The summed E-state index contributed by atoms with van der Waals surface area (Å²) in [4.78, 5) is 11.7. The molecule has 0 amide bonds. The lowest BCUT2D eigenvalue weighted by Gasteiger charge is -2.18. The number of benzene rings is 1. The van der Waals surface area contributed by atoms with E-state index in [-0.39, 0.29) is 12.4 Å². The Labute approximate surface area is 155 Å². The minimum atomic E-state index is -0.754. The fourth-order valence-corrected chi connectivity index (χ4v) is 2.27. The summed E-state index contributed by atoms with van der Waals surface area (Å²) in [5, 5.41) is 3.73. The Kier molecular flexibility index (Phi) is 11.6. The molecule has 24 heavy (non-hydrogen) atoms. The molecule has 0 aliphatic heterocycles. The highest BCUT2D eigenvalue weighted by Crippen LogP contribution is 2.37. The zero-order valence-electron chi connectivity index (χ0n) is 14.7. The molecular formula is C17H27Cl2NO4. The van der Waals surface area contributed by atoms with Gasteiger partial charge in [0, 0.05) is 6.54 Å². The van der Waals surface area contributed by atoms with Crippen molar-refractivity contribution in [1.82, 2.24) is 5.32 Å². The van der Waals surface area contributed by atoms with Crippen LogP contribution in [0.3, 0.4) is 0 Å². The van der Waals surface area contributed by atoms with Gasteiger partial charge >= 0.3 is 5.97 Å². The third-order valence-electron chi connectivity index (χ3n) is 3.04. The Morgan fingerprint density at radius 3 is 2.54 bits per heavy atom. The minimum Gasteiger partial charge on any atom is -0.490 e. The zero-order chi connectivity index (χ0) is 17.2. The normalized spacial score (nSPS) is 11.4. The van der Waals surface area contributed by atoms with Gasteiger partial charge in [-0.3, -0.25) is 0 Å². The van der Waals surface area contributed by atoms with Crippen molar-refractivity contribution in [3.05, 3.63) is 22.7 Å². The number of nitrogens with one attached hydrogen (secondary N) is 1. The number of rotatable bonds is 10. The second-order valence-electron chi connectivity index (χ2n) is 5.03. The lowest BCUT2D eigenvalue weighted by atomic mass is 10.2. The SMILES string of the molecule is CCCNCc1cc(Cl)c(OC(C)C(=O)OCC)c(OCC)c1.Cl. The van der Waals surface area contributed by atoms with E-state index in [1.54, 1.807) is 13.8 Å². The average molecular weight is 380 g/mol. The van der Waals surface area contributed by atoms with Gasteiger partial charge < -0.3 is 19.5 Å². The van der Waals surface area contributed by atoms with Crippen molar-refractivity contribution in [2.45, 2.75) is 46.8 Å². The molecule has 1 aromatic rings. The number of hydrogen-bond acceptors (Lipinski definition) is 5. The quantitative estimate of drug-likeness (QED) is 0.491. The molecule has 1 rings (SSSR count). The summed E-state index contributed by atoms with van der Waals surface area (Å²) in [6.07, 6.45) is 0.306. The number of carbonyl (C=O) groups excluding carboxylic acids is 1. The van der Waals surface area contributed by atoms with Gasteiger partial charge in [-0.1, -0.05) is 18.5 Å². The van der Waals surface area contributed by atoms with Crippen molar-refractivity contribution in [2.24, 2.45) is 0 Å². The van der Waals surface area contributed by atoms with Crippen LogP contribution < -0.4 is 14.8 Å². The summed E-state index contributed by atoms with van der Waals surface area (Å²) >= 11 is 6.32. The monoisotopic (exact) mass is 379 g/mol. The number of halogens is 2. The molecule has 0 saturated heterocycles. The zero-order valence-corrected chi connectivity index (χ0v) is 16.3. The highest BCUT2D eigenvalue weighted by atomic mass is 35.5. The third kappa shape index (κ3) is 7.16. The number of esters is 1. The molecule has 0 heterocycles. The van der Waals surface area contributed by atoms with Crippen LogP contribution in [-0.2, 0) is 16.1 Å². The second kappa shape index (κ2) is 12.2. The molecule has 138 valence electrons. The van der Waals surface area contributed by atoms with Crippen LogP contribution in [-0.4, -0.2) is 31.8 Å². The summed E-state index contributed by atoms with van der Waals surface area (Å²) in [6.45, 7) is 9.78. The standard InChI is InChI=1S/C17H26ClNO4.ClH/c1-5-8-19-11-13-9-14(18)16(15(10-13)21-6-2)23-12(4)17(20)22-7-3;/h9-10,12,19H,5-8,11H2,1-4H3;1H. The molecule has 5 nitrogen and oxygen atoms in total. The van der Waals surface area contributed by atoms with Gasteiger partial charge in [0.05, 0.1) is 18.2 Å². The van der Waals surface area contributed by atoms with Crippen LogP contribution in [0.25, 0.3) is 0 Å². The first-order valence-electron chi connectivity index (χ1n) is 8.02. The molecule has 0 aliphatic carbocycles. The molecule has 1 unspecified atom stereocenters. The molecule has 7 heteroatoms. The topological polar surface area (TPSA) is 56.8 Å². The molecule has 0 aliphatic rings. The molecule has 1 atom stereocenters. The maximum absolute atomic E-state index is 11.7. The van der Waals surface area contributed by atoms with Gasteiger partial charge in [-0.05, 0) is 51.4 Å². The van der Waals surface area contributed by atoms with Crippen LogP contribution >= 0.6 is 24.0 Å². The van der Waals surface area contributed by atoms with Crippen LogP contribution in [0.15, 0.2) is 12.1 Å². The van der Waals surface area contributed by atoms with Crippen LogP contribution in [0, 0.1) is 0 Å². The molecule has 0 bridgehead atoms. The Bertz CT molecular complexity index is 512. The lowest BCUT2D eigenvalue weighted by molar-refractivity contribution is -0.150. The van der Waals surface area contributed by atoms with Gasteiger partial charge in [-0.2, -0.15) is 0 Å². The first-order valence-corrected chi connectivity index (χ1v) is 8.40. The first-order chi connectivity index (χ1) is 11.0. The van der Waals surface area contributed by atoms with E-state index in [0.29, 0.717) is 36.3 Å². The Balaban J connectivity index is 0.00000529. The molecule has 0 spiro atoms. The van der Waals surface area contributed by atoms with Crippen molar-refractivity contribution in [1.29, 1.82) is 0 Å². The molecule has 0 fully saturated rings. The van der Waals surface area contributed by atoms with Gasteiger partial charge in [-0.25, -0.2) is 4.79 Å². The van der Waals surface area contributed by atoms with E-state index in [4.69, 9.17) is 25.8 Å². The Morgan fingerprint density at radius 1 is 1.25 bits per heavy atom. The van der Waals surface area contributed by atoms with Crippen molar-refractivity contribution >= 4 is 30.0 Å². The fraction of sp³-hybridized carbons (Fsp3) is 0.588. The minimum absolute atomic E-state index is 0. The van der Waals surface area contributed by atoms with Gasteiger partial charge in [-0.15, -0.1) is 12.4 Å². The predicted molar refractivity (Wildman–Crippen MR) is 98.6 cm³/mol. The summed E-state index contributed by atoms with van der Waals surface area (Å²) in [5.74, 6) is 0.470. The maximum atomic E-state index is 11.7. The number of ether oxygens (including phenoxy) is 3. The van der Waals surface area contributed by atoms with Gasteiger partial charge in [0.15, 0.2) is 17.6 Å². The van der Waals surface area contributed by atoms with Crippen molar-refractivity contribution in [3.8, 4) is 11.5 Å². The van der Waals surface area contributed by atoms with Crippen molar-refractivity contribution in [3.63, 3.8) is 0 Å². The van der Waals surface area contributed by atoms with E-state index in [0.717, 1.165) is 18.5 Å². The van der Waals surface area contributed by atoms with Crippen LogP contribution in [0.5, 0.6) is 11.5 Å². The van der Waals surface area contributed by atoms with E-state index in [9.17, 15) is 4.79 Å². The van der Waals surface area contributed by atoms with E-state index in [1.165, 1.54) is 0 Å².